The Hall–Kier alpha value is -1.03. The van der Waals surface area contributed by atoms with Crippen LogP contribution in [0.25, 0.3) is 0 Å². The first-order chi connectivity index (χ1) is 6.06. The van der Waals surface area contributed by atoms with Crippen molar-refractivity contribution in [3.63, 3.8) is 0 Å². The first-order valence-electron chi connectivity index (χ1n) is 4.14. The molecule has 1 rings (SSSR count). The van der Waals surface area contributed by atoms with Gasteiger partial charge >= 0.3 is 0 Å². The summed E-state index contributed by atoms with van der Waals surface area (Å²) in [4.78, 5) is 0.314. The molecule has 1 aromatic rings. The van der Waals surface area contributed by atoms with Gasteiger partial charge in [-0.05, 0) is 24.6 Å². The normalized spacial score (nSPS) is 11.5. The molecule has 4 heteroatoms. The molecule has 0 fully saturated rings. The molecule has 0 amide bonds. The van der Waals surface area contributed by atoms with Crippen LogP contribution in [0.4, 0.5) is 5.69 Å². The third kappa shape index (κ3) is 2.45. The molecular weight excluding hydrogens is 186 g/mol. The number of sulfone groups is 1. The summed E-state index contributed by atoms with van der Waals surface area (Å²) in [6.45, 7) is 1.84. The van der Waals surface area contributed by atoms with Crippen LogP contribution in [0, 0.1) is 0 Å². The van der Waals surface area contributed by atoms with Crippen molar-refractivity contribution in [3.05, 3.63) is 24.3 Å². The van der Waals surface area contributed by atoms with Gasteiger partial charge in [-0.1, -0.05) is 13.0 Å². The molecule has 1 aromatic carbocycles. The molecule has 0 unspecified atom stereocenters. The summed E-state index contributed by atoms with van der Waals surface area (Å²) in [6, 6.07) is 6.38. The maximum atomic E-state index is 11.5. The van der Waals surface area contributed by atoms with Gasteiger partial charge in [0.25, 0.3) is 0 Å². The third-order valence-corrected chi connectivity index (χ3v) is 3.61. The summed E-state index contributed by atoms with van der Waals surface area (Å²) in [6.07, 6.45) is 0.622. The zero-order chi connectivity index (χ0) is 9.90. The minimum atomic E-state index is -3.11. The van der Waals surface area contributed by atoms with Crippen molar-refractivity contribution >= 4 is 15.5 Å². The Morgan fingerprint density at radius 2 is 2.08 bits per heavy atom. The monoisotopic (exact) mass is 199 g/mol. The highest BCUT2D eigenvalue weighted by molar-refractivity contribution is 7.91. The minimum Gasteiger partial charge on any atom is -0.399 e. The lowest BCUT2D eigenvalue weighted by Gasteiger charge is -2.02. The molecular formula is C9H13NO2S. The molecule has 0 aliphatic carbocycles. The second kappa shape index (κ2) is 3.79. The lowest BCUT2D eigenvalue weighted by molar-refractivity contribution is 0.595. The number of hydrogen-bond acceptors (Lipinski definition) is 3. The van der Waals surface area contributed by atoms with Gasteiger partial charge in [-0.25, -0.2) is 8.42 Å². The van der Waals surface area contributed by atoms with Gasteiger partial charge in [-0.3, -0.25) is 0 Å². The molecule has 72 valence electrons. The molecule has 2 N–H and O–H groups in total. The van der Waals surface area contributed by atoms with Crippen molar-refractivity contribution in [1.82, 2.24) is 0 Å². The fourth-order valence-corrected chi connectivity index (χ4v) is 2.47. The van der Waals surface area contributed by atoms with Gasteiger partial charge in [0.05, 0.1) is 10.6 Å². The number of nitrogen functional groups attached to an aromatic ring is 1. The van der Waals surface area contributed by atoms with Gasteiger partial charge in [-0.2, -0.15) is 0 Å². The average Bonchev–Trinajstić information content (AvgIpc) is 2.04. The fourth-order valence-electron chi connectivity index (χ4n) is 1.09. The molecule has 0 saturated heterocycles. The van der Waals surface area contributed by atoms with Crippen LogP contribution in [0.15, 0.2) is 29.2 Å². The topological polar surface area (TPSA) is 60.2 Å². The van der Waals surface area contributed by atoms with Crippen molar-refractivity contribution in [1.29, 1.82) is 0 Å². The number of rotatable bonds is 3. The van der Waals surface area contributed by atoms with E-state index in [0.29, 0.717) is 17.0 Å². The quantitative estimate of drug-likeness (QED) is 0.749. The van der Waals surface area contributed by atoms with Gasteiger partial charge in [-0.15, -0.1) is 0 Å². The first-order valence-corrected chi connectivity index (χ1v) is 5.80. The van der Waals surface area contributed by atoms with Crippen molar-refractivity contribution in [3.8, 4) is 0 Å². The van der Waals surface area contributed by atoms with Crippen LogP contribution in [0.1, 0.15) is 13.3 Å². The average molecular weight is 199 g/mol. The van der Waals surface area contributed by atoms with Gasteiger partial charge in [0.2, 0.25) is 0 Å². The standard InChI is InChI=1S/C9H13NO2S/c1-2-6-13(11,12)9-5-3-4-8(10)7-9/h3-5,7H,2,6,10H2,1H3. The predicted octanol–water partition coefficient (Wildman–Crippen LogP) is 1.45. The summed E-state index contributed by atoms with van der Waals surface area (Å²) in [5.74, 6) is 0.177. The van der Waals surface area contributed by atoms with E-state index in [-0.39, 0.29) is 5.75 Å². The van der Waals surface area contributed by atoms with E-state index in [9.17, 15) is 8.42 Å². The smallest absolute Gasteiger partial charge is 0.178 e. The van der Waals surface area contributed by atoms with E-state index in [1.54, 1.807) is 18.2 Å². The van der Waals surface area contributed by atoms with E-state index in [1.165, 1.54) is 6.07 Å². The van der Waals surface area contributed by atoms with Crippen LogP contribution in [-0.2, 0) is 9.84 Å². The predicted molar refractivity (Wildman–Crippen MR) is 53.2 cm³/mol. The second-order valence-electron chi connectivity index (χ2n) is 2.89. The molecule has 0 aromatic heterocycles. The summed E-state index contributed by atoms with van der Waals surface area (Å²) in [7, 11) is -3.11. The number of anilines is 1. The van der Waals surface area contributed by atoms with Gasteiger partial charge in [0.15, 0.2) is 9.84 Å². The Labute approximate surface area is 78.5 Å². The van der Waals surface area contributed by atoms with Crippen molar-refractivity contribution in [2.24, 2.45) is 0 Å². The SMILES string of the molecule is CCCS(=O)(=O)c1cccc(N)c1. The molecule has 0 aliphatic heterocycles. The highest BCUT2D eigenvalue weighted by Crippen LogP contribution is 2.14. The molecule has 0 atom stereocenters. The van der Waals surface area contributed by atoms with Crippen LogP contribution in [0.3, 0.4) is 0 Å². The third-order valence-electron chi connectivity index (χ3n) is 1.69. The second-order valence-corrected chi connectivity index (χ2v) is 5.00. The highest BCUT2D eigenvalue weighted by atomic mass is 32.2. The molecule has 0 saturated carbocycles. The van der Waals surface area contributed by atoms with Crippen LogP contribution in [0.2, 0.25) is 0 Å². The van der Waals surface area contributed by atoms with E-state index < -0.39 is 9.84 Å². The summed E-state index contributed by atoms with van der Waals surface area (Å²) >= 11 is 0. The Morgan fingerprint density at radius 3 is 2.62 bits per heavy atom. The van der Waals surface area contributed by atoms with Gasteiger partial charge < -0.3 is 5.73 Å². The molecule has 0 radical (unpaired) electrons. The Kier molecular flexibility index (Phi) is 2.93. The zero-order valence-corrected chi connectivity index (χ0v) is 8.34. The van der Waals surface area contributed by atoms with Crippen molar-refractivity contribution in [2.75, 3.05) is 11.5 Å². The van der Waals surface area contributed by atoms with Crippen LogP contribution in [-0.4, -0.2) is 14.2 Å². The summed E-state index contributed by atoms with van der Waals surface area (Å²) in [5, 5.41) is 0. The summed E-state index contributed by atoms with van der Waals surface area (Å²) < 4.78 is 23.1. The molecule has 0 aliphatic rings. The molecule has 0 spiro atoms. The zero-order valence-electron chi connectivity index (χ0n) is 7.53. The lowest BCUT2D eigenvalue weighted by Crippen LogP contribution is -2.06. The lowest BCUT2D eigenvalue weighted by atomic mass is 10.3. The Morgan fingerprint density at radius 1 is 1.38 bits per heavy atom. The first kappa shape index (κ1) is 10.1. The maximum Gasteiger partial charge on any atom is 0.178 e. The Balaban J connectivity index is 3.08. The summed E-state index contributed by atoms with van der Waals surface area (Å²) in [5.41, 5.74) is 5.97. The van der Waals surface area contributed by atoms with Gasteiger partial charge in [0.1, 0.15) is 0 Å². The molecule has 0 heterocycles. The van der Waals surface area contributed by atoms with Crippen LogP contribution < -0.4 is 5.73 Å². The van der Waals surface area contributed by atoms with Crippen molar-refractivity contribution in [2.45, 2.75) is 18.2 Å². The van der Waals surface area contributed by atoms with Crippen molar-refractivity contribution < 1.29 is 8.42 Å². The van der Waals surface area contributed by atoms with E-state index in [1.807, 2.05) is 6.92 Å². The largest absolute Gasteiger partial charge is 0.399 e. The molecule has 0 bridgehead atoms. The van der Waals surface area contributed by atoms with E-state index in [2.05, 4.69) is 0 Å². The van der Waals surface area contributed by atoms with Crippen LogP contribution in [0.5, 0.6) is 0 Å². The minimum absolute atomic E-state index is 0.177. The van der Waals surface area contributed by atoms with E-state index in [4.69, 9.17) is 5.73 Å². The molecule has 3 nitrogen and oxygen atoms in total. The maximum absolute atomic E-state index is 11.5. The fraction of sp³-hybridized carbons (Fsp3) is 0.333. The number of nitrogens with two attached hydrogens (primary N) is 1. The highest BCUT2D eigenvalue weighted by Gasteiger charge is 2.12. The van der Waals surface area contributed by atoms with E-state index >= 15 is 0 Å². The Bertz CT molecular complexity index is 384. The molecule has 13 heavy (non-hydrogen) atoms. The number of hydrogen-bond donors (Lipinski definition) is 1. The van der Waals surface area contributed by atoms with E-state index in [0.717, 1.165) is 0 Å². The van der Waals surface area contributed by atoms with Gasteiger partial charge in [0, 0.05) is 5.69 Å². The van der Waals surface area contributed by atoms with Crippen LogP contribution >= 0.6 is 0 Å². The number of benzene rings is 1.